The number of fused-ring (bicyclic) bond motifs is 1. The third kappa shape index (κ3) is 5.17. The lowest BCUT2D eigenvalue weighted by atomic mass is 10.0. The largest absolute Gasteiger partial charge is 0.343 e. The molecule has 8 nitrogen and oxygen atoms in total. The number of pyridine rings is 1. The summed E-state index contributed by atoms with van der Waals surface area (Å²) in [4.78, 5) is 45.4. The minimum absolute atomic E-state index is 0.201. The van der Waals surface area contributed by atoms with E-state index in [4.69, 9.17) is 11.6 Å². The van der Waals surface area contributed by atoms with Crippen molar-refractivity contribution in [2.75, 3.05) is 17.3 Å². The number of nitrogens with one attached hydrogen (secondary N) is 3. The average Bonchev–Trinajstić information content (AvgIpc) is 3.18. The fraction of sp³-hybridized carbons (Fsp3) is 0.417. The molecule has 0 fully saturated rings. The zero-order valence-corrected chi connectivity index (χ0v) is 20.2. The lowest BCUT2D eigenvalue weighted by Gasteiger charge is -2.31. The first-order valence-corrected chi connectivity index (χ1v) is 11.3. The van der Waals surface area contributed by atoms with Gasteiger partial charge in [0, 0.05) is 12.6 Å². The molecule has 0 bridgehead atoms. The third-order valence-corrected chi connectivity index (χ3v) is 6.20. The molecule has 2 aromatic rings. The summed E-state index contributed by atoms with van der Waals surface area (Å²) in [6.07, 6.45) is 1.90. The summed E-state index contributed by atoms with van der Waals surface area (Å²) in [5.41, 5.74) is 2.12. The van der Waals surface area contributed by atoms with Crippen molar-refractivity contribution in [2.24, 2.45) is 5.92 Å². The van der Waals surface area contributed by atoms with Crippen LogP contribution in [-0.4, -0.2) is 47.9 Å². The summed E-state index contributed by atoms with van der Waals surface area (Å²) < 4.78 is 0. The van der Waals surface area contributed by atoms with Crippen LogP contribution in [0.15, 0.2) is 36.5 Å². The number of carbonyl (C=O) groups excluding carboxylic acids is 3. The van der Waals surface area contributed by atoms with E-state index in [1.165, 1.54) is 4.90 Å². The Kier molecular flexibility index (Phi) is 7.71. The molecule has 1 aromatic carbocycles. The van der Waals surface area contributed by atoms with Gasteiger partial charge in [0.1, 0.15) is 17.9 Å². The molecule has 1 aromatic heterocycles. The van der Waals surface area contributed by atoms with E-state index in [2.05, 4.69) is 20.9 Å². The number of rotatable bonds is 7. The lowest BCUT2D eigenvalue weighted by molar-refractivity contribution is -0.130. The Bertz CT molecular complexity index is 1040. The summed E-state index contributed by atoms with van der Waals surface area (Å²) >= 11 is 6.30. The van der Waals surface area contributed by atoms with Gasteiger partial charge in [-0.1, -0.05) is 43.6 Å². The van der Waals surface area contributed by atoms with Gasteiger partial charge in [-0.25, -0.2) is 4.98 Å². The molecule has 3 N–H and O–H groups in total. The summed E-state index contributed by atoms with van der Waals surface area (Å²) in [5.74, 6) is -0.810. The fourth-order valence-electron chi connectivity index (χ4n) is 3.79. The SMILES string of the molecule is CNC(C)C(=O)NC(C(=O)N1c2ncccc2CC1C(=O)Nc1c(C)cccc1Cl)C(C)C. The van der Waals surface area contributed by atoms with Gasteiger partial charge in [0.25, 0.3) is 5.91 Å². The highest BCUT2D eigenvalue weighted by atomic mass is 35.5. The van der Waals surface area contributed by atoms with E-state index in [0.29, 0.717) is 22.9 Å². The number of carbonyl (C=O) groups is 3. The van der Waals surface area contributed by atoms with Crippen molar-refractivity contribution in [2.45, 2.75) is 52.2 Å². The first kappa shape index (κ1) is 24.7. The van der Waals surface area contributed by atoms with E-state index >= 15 is 0 Å². The second kappa shape index (κ2) is 10.3. The maximum absolute atomic E-state index is 13.7. The molecule has 3 atom stereocenters. The fourth-order valence-corrected chi connectivity index (χ4v) is 4.06. The normalized spacial score (nSPS) is 16.8. The zero-order chi connectivity index (χ0) is 24.3. The number of aromatic nitrogens is 1. The quantitative estimate of drug-likeness (QED) is 0.576. The summed E-state index contributed by atoms with van der Waals surface area (Å²) in [5, 5.41) is 9.01. The molecule has 9 heteroatoms. The molecule has 0 radical (unpaired) electrons. The van der Waals surface area contributed by atoms with Crippen LogP contribution >= 0.6 is 11.6 Å². The Labute approximate surface area is 199 Å². The smallest absolute Gasteiger partial charge is 0.251 e. The highest BCUT2D eigenvalue weighted by molar-refractivity contribution is 6.34. The Balaban J connectivity index is 1.94. The summed E-state index contributed by atoms with van der Waals surface area (Å²) in [6.45, 7) is 7.27. The lowest BCUT2D eigenvalue weighted by Crippen LogP contribution is -2.57. The van der Waals surface area contributed by atoms with Crippen LogP contribution in [0.25, 0.3) is 0 Å². The Morgan fingerprint density at radius 3 is 2.52 bits per heavy atom. The molecule has 0 spiro atoms. The monoisotopic (exact) mass is 471 g/mol. The van der Waals surface area contributed by atoms with Crippen LogP contribution in [0.5, 0.6) is 0 Å². The van der Waals surface area contributed by atoms with Crippen molar-refractivity contribution in [1.29, 1.82) is 0 Å². The number of para-hydroxylation sites is 1. The molecule has 2 heterocycles. The van der Waals surface area contributed by atoms with E-state index in [0.717, 1.165) is 11.1 Å². The molecule has 33 heavy (non-hydrogen) atoms. The van der Waals surface area contributed by atoms with Crippen molar-refractivity contribution >= 4 is 40.8 Å². The predicted molar refractivity (Wildman–Crippen MR) is 129 cm³/mol. The Morgan fingerprint density at radius 2 is 1.88 bits per heavy atom. The van der Waals surface area contributed by atoms with Gasteiger partial charge in [-0.05, 0) is 50.1 Å². The van der Waals surface area contributed by atoms with Crippen LogP contribution in [0.3, 0.4) is 0 Å². The zero-order valence-electron chi connectivity index (χ0n) is 19.5. The molecule has 0 saturated heterocycles. The van der Waals surface area contributed by atoms with Gasteiger partial charge in [0.2, 0.25) is 11.8 Å². The van der Waals surface area contributed by atoms with Crippen molar-refractivity contribution < 1.29 is 14.4 Å². The molecule has 0 saturated carbocycles. The first-order valence-electron chi connectivity index (χ1n) is 11.0. The van der Waals surface area contributed by atoms with E-state index in [1.54, 1.807) is 38.4 Å². The van der Waals surface area contributed by atoms with Gasteiger partial charge in [-0.2, -0.15) is 0 Å². The minimum Gasteiger partial charge on any atom is -0.343 e. The maximum Gasteiger partial charge on any atom is 0.251 e. The highest BCUT2D eigenvalue weighted by Crippen LogP contribution is 2.33. The van der Waals surface area contributed by atoms with Gasteiger partial charge in [0.15, 0.2) is 0 Å². The molecule has 0 aliphatic carbocycles. The number of aryl methyl sites for hydroxylation is 1. The average molecular weight is 472 g/mol. The number of halogens is 1. The van der Waals surface area contributed by atoms with Crippen LogP contribution in [0.4, 0.5) is 11.5 Å². The second-order valence-corrected chi connectivity index (χ2v) is 8.98. The highest BCUT2D eigenvalue weighted by Gasteiger charge is 2.43. The summed E-state index contributed by atoms with van der Waals surface area (Å²) in [7, 11) is 1.67. The third-order valence-electron chi connectivity index (χ3n) is 5.89. The Morgan fingerprint density at radius 1 is 1.15 bits per heavy atom. The molecule has 176 valence electrons. The number of benzene rings is 1. The van der Waals surface area contributed by atoms with Crippen LogP contribution in [0.1, 0.15) is 31.9 Å². The van der Waals surface area contributed by atoms with Crippen molar-refractivity contribution in [3.8, 4) is 0 Å². The van der Waals surface area contributed by atoms with Gasteiger partial charge < -0.3 is 16.0 Å². The molecule has 3 rings (SSSR count). The van der Waals surface area contributed by atoms with Gasteiger partial charge >= 0.3 is 0 Å². The number of nitrogens with zero attached hydrogens (tertiary/aromatic N) is 2. The topological polar surface area (TPSA) is 103 Å². The number of hydrogen-bond acceptors (Lipinski definition) is 5. The second-order valence-electron chi connectivity index (χ2n) is 8.58. The Hall–Kier alpha value is -2.97. The first-order chi connectivity index (χ1) is 15.6. The molecular formula is C24H30ClN5O3. The maximum atomic E-state index is 13.7. The summed E-state index contributed by atoms with van der Waals surface area (Å²) in [6, 6.07) is 6.87. The standard InChI is InChI=1S/C24H30ClN5O3/c1-13(2)19(28-22(31)15(4)26-5)24(33)30-18(12-16-9-7-11-27-21(16)30)23(32)29-20-14(3)8-6-10-17(20)25/h6-11,13,15,18-19,26H,12H2,1-5H3,(H,28,31)(H,29,32). The minimum atomic E-state index is -0.821. The number of hydrogen-bond donors (Lipinski definition) is 3. The van der Waals surface area contributed by atoms with E-state index < -0.39 is 18.1 Å². The van der Waals surface area contributed by atoms with E-state index in [1.807, 2.05) is 32.9 Å². The van der Waals surface area contributed by atoms with E-state index in [9.17, 15) is 14.4 Å². The van der Waals surface area contributed by atoms with Gasteiger partial charge in [0.05, 0.1) is 16.8 Å². The van der Waals surface area contributed by atoms with Crippen molar-refractivity contribution in [1.82, 2.24) is 15.6 Å². The van der Waals surface area contributed by atoms with Crippen LogP contribution in [-0.2, 0) is 20.8 Å². The van der Waals surface area contributed by atoms with E-state index in [-0.39, 0.29) is 23.6 Å². The molecule has 3 amide bonds. The van der Waals surface area contributed by atoms with Crippen molar-refractivity contribution in [3.63, 3.8) is 0 Å². The molecule has 1 aliphatic rings. The molecule has 3 unspecified atom stereocenters. The number of anilines is 2. The van der Waals surface area contributed by atoms with Crippen LogP contribution in [0, 0.1) is 12.8 Å². The molecule has 1 aliphatic heterocycles. The number of likely N-dealkylation sites (N-methyl/N-ethyl adjacent to an activating group) is 1. The van der Waals surface area contributed by atoms with Crippen LogP contribution in [0.2, 0.25) is 5.02 Å². The molecular weight excluding hydrogens is 442 g/mol. The van der Waals surface area contributed by atoms with Crippen molar-refractivity contribution in [3.05, 3.63) is 52.7 Å². The number of amides is 3. The van der Waals surface area contributed by atoms with Gasteiger partial charge in [-0.15, -0.1) is 0 Å². The van der Waals surface area contributed by atoms with Crippen LogP contribution < -0.4 is 20.9 Å². The predicted octanol–water partition coefficient (Wildman–Crippen LogP) is 2.69. The van der Waals surface area contributed by atoms with Gasteiger partial charge in [-0.3, -0.25) is 19.3 Å².